The van der Waals surface area contributed by atoms with Crippen LogP contribution < -0.4 is 46.2 Å². The first-order valence-electron chi connectivity index (χ1n) is 34.2. The quantitative estimate of drug-likeness (QED) is 0.00837. The Morgan fingerprint density at radius 2 is 0.829 bits per heavy atom. The highest BCUT2D eigenvalue weighted by Gasteiger charge is 2.32. The Kier molecular flexibility index (Phi) is 50.8. The van der Waals surface area contributed by atoms with Crippen molar-refractivity contribution >= 4 is 85.8 Å². The third-order valence-corrected chi connectivity index (χ3v) is 15.4. The Morgan fingerprint density at radius 3 is 1.18 bits per heavy atom. The maximum absolute atomic E-state index is 11.6. The van der Waals surface area contributed by atoms with E-state index in [-0.39, 0.29) is 32.4 Å². The van der Waals surface area contributed by atoms with Crippen LogP contribution in [-0.2, 0) is 36.6 Å². The number of rotatable bonds is 25. The van der Waals surface area contributed by atoms with E-state index < -0.39 is 51.3 Å². The number of aryl methyl sites for hydroxylation is 2. The molecule has 0 heterocycles. The van der Waals surface area contributed by atoms with Crippen LogP contribution in [0.3, 0.4) is 0 Å². The lowest BCUT2D eigenvalue weighted by Crippen LogP contribution is -2.39. The van der Waals surface area contributed by atoms with E-state index in [1.807, 2.05) is 210 Å². The summed E-state index contributed by atoms with van der Waals surface area (Å²) in [6.45, 7) is 32.4. The third kappa shape index (κ3) is 48.3. The van der Waals surface area contributed by atoms with Gasteiger partial charge >= 0.3 is 18.0 Å². The van der Waals surface area contributed by atoms with E-state index in [2.05, 4.69) is 102 Å². The molecule has 105 heavy (non-hydrogen) atoms. The van der Waals surface area contributed by atoms with Crippen molar-refractivity contribution in [3.8, 4) is 58.7 Å². The molecule has 21 nitrogen and oxygen atoms in total. The molecule has 0 spiro atoms. The van der Waals surface area contributed by atoms with Crippen LogP contribution in [0.2, 0.25) is 0 Å². The molecule has 0 aliphatic heterocycles. The van der Waals surface area contributed by atoms with Crippen molar-refractivity contribution in [3.05, 3.63) is 173 Å². The summed E-state index contributed by atoms with van der Waals surface area (Å²) in [6.07, 6.45) is 7.66. The number of aliphatic hydroxyl groups excluding tert-OH is 4. The van der Waals surface area contributed by atoms with Crippen molar-refractivity contribution in [1.82, 2.24) is 5.32 Å². The summed E-state index contributed by atoms with van der Waals surface area (Å²) in [6, 6.07) is 45.7. The average molecular weight is 1800 g/mol. The van der Waals surface area contributed by atoms with Gasteiger partial charge in [0.2, 0.25) is 0 Å². The average Bonchev–Trinajstić information content (AvgIpc) is 0.854. The van der Waals surface area contributed by atoms with Crippen LogP contribution in [0.5, 0.6) is 34.5 Å². The summed E-state index contributed by atoms with van der Waals surface area (Å²) in [5.74, 6) is 11.2. The highest BCUT2D eigenvalue weighted by molar-refractivity contribution is 14.1. The number of amides is 1. The minimum Gasteiger partial charge on any atom is -0.507 e. The molecule has 13 N–H and O–H groups in total. The highest BCUT2D eigenvalue weighted by atomic mass is 127. The van der Waals surface area contributed by atoms with Gasteiger partial charge in [0.05, 0.1) is 69.0 Å². The van der Waals surface area contributed by atoms with E-state index in [4.69, 9.17) is 70.8 Å². The first-order valence-corrected chi connectivity index (χ1v) is 37.4. The summed E-state index contributed by atoms with van der Waals surface area (Å²) in [5, 5.41) is 57.3. The Balaban J connectivity index is 0. The van der Waals surface area contributed by atoms with Crippen molar-refractivity contribution in [2.45, 2.75) is 183 Å². The molecular formula is C81H117I3N4O17. The van der Waals surface area contributed by atoms with Crippen LogP contribution in [0.25, 0.3) is 0 Å². The molecule has 584 valence electrons. The van der Waals surface area contributed by atoms with Crippen LogP contribution in [0, 0.1) is 34.9 Å². The first-order chi connectivity index (χ1) is 49.0. The van der Waals surface area contributed by atoms with Gasteiger partial charge in [0, 0.05) is 6.54 Å². The number of nitrogens with one attached hydrogen (secondary N) is 1. The van der Waals surface area contributed by atoms with Crippen molar-refractivity contribution < 1.29 is 82.9 Å². The molecule has 0 aromatic heterocycles. The second kappa shape index (κ2) is 53.2. The number of terminal acetylenes is 1. The minimum absolute atomic E-state index is 0.00176. The number of ether oxygens (including phenoxy) is 8. The van der Waals surface area contributed by atoms with Gasteiger partial charge in [0.15, 0.2) is 11.2 Å². The second-order valence-corrected chi connectivity index (χ2v) is 30.5. The molecule has 0 saturated heterocycles. The van der Waals surface area contributed by atoms with Crippen LogP contribution in [0.1, 0.15) is 147 Å². The Morgan fingerprint density at radius 1 is 0.476 bits per heavy atom. The molecule has 6 aromatic rings. The van der Waals surface area contributed by atoms with Gasteiger partial charge in [-0.1, -0.05) is 103 Å². The maximum atomic E-state index is 11.6. The zero-order valence-electron chi connectivity index (χ0n) is 64.4. The minimum atomic E-state index is -1.35. The predicted octanol–water partition coefficient (Wildman–Crippen LogP) is 13.5. The van der Waals surface area contributed by atoms with Gasteiger partial charge in [-0.2, -0.15) is 0 Å². The standard InChI is InChI=1S/C18H29NO4.C13H21NO2.C13H17NO2.C12H15IO3.C10H13IO2.C6H5IO.C6H12O3.C3H5N/c1-17(2,3)23-16(21)19-12-8-10-14-9-6-7-11-15(14)22-18(4,5)13-20;2*1-13(2,10-15)16-12-8-4-3-6-11(12)7-5-9-14;1-4-15-11(14)12(2,3)16-10-8-6-5-7-9(10)13;1-10(2,7-12)13-9-6-4-3-5-8(9)11;7-5-3-1-2-4-6(5)8;1-4-9-5(7)6(2,3)8;1-2-3-4/h6-7,9,11,20H,8,10,12-13H2,1-5H3,(H,19,21);3-4,6,8,15H,5,7,9-10,14H2,1-2H3;3-4,6,8,15H,9-10,14H2,1-2H3;5-8H,4H2,1-3H3;3-6,12H,7H2,1-2H3;1-4,8H;8H,4H2,1-3H3;1H,3-4H2. The molecule has 0 unspecified atom stereocenters. The summed E-state index contributed by atoms with van der Waals surface area (Å²) in [5.41, 5.74) is 13.5. The maximum Gasteiger partial charge on any atom is 0.407 e. The van der Waals surface area contributed by atoms with E-state index in [1.54, 1.807) is 39.8 Å². The fourth-order valence-electron chi connectivity index (χ4n) is 7.26. The number of esters is 2. The van der Waals surface area contributed by atoms with Crippen molar-refractivity contribution in [2.24, 2.45) is 17.2 Å². The van der Waals surface area contributed by atoms with E-state index in [1.165, 1.54) is 13.8 Å². The zero-order chi connectivity index (χ0) is 80.5. The Bertz CT molecular complexity index is 3500. The lowest BCUT2D eigenvalue weighted by atomic mass is 10.1. The van der Waals surface area contributed by atoms with Crippen LogP contribution >= 0.6 is 67.8 Å². The molecule has 6 rings (SSSR count). The number of phenols is 1. The van der Waals surface area contributed by atoms with Crippen molar-refractivity contribution in [3.63, 3.8) is 0 Å². The van der Waals surface area contributed by atoms with E-state index >= 15 is 0 Å². The van der Waals surface area contributed by atoms with Gasteiger partial charge in [-0.25, -0.2) is 14.4 Å². The lowest BCUT2D eigenvalue weighted by Gasteiger charge is -2.25. The normalized spacial score (nSPS) is 10.9. The molecule has 6 aromatic carbocycles. The molecule has 0 atom stereocenters. The summed E-state index contributed by atoms with van der Waals surface area (Å²) in [4.78, 5) is 33.8. The first kappa shape index (κ1) is 100. The number of phenolic OH excluding ortho intramolecular Hbond substituents is 1. The monoisotopic (exact) mass is 1800 g/mol. The molecule has 0 aliphatic rings. The van der Waals surface area contributed by atoms with E-state index in [9.17, 15) is 24.6 Å². The molecule has 0 fully saturated rings. The number of benzene rings is 6. The molecule has 0 saturated carbocycles. The number of hydrogen-bond donors (Lipinski definition) is 10. The number of aromatic hydroxyl groups is 1. The topological polar surface area (TPSA) is 337 Å². The smallest absolute Gasteiger partial charge is 0.407 e. The fraction of sp³-hybridized carbons (Fsp3) is 0.469. The zero-order valence-corrected chi connectivity index (χ0v) is 70.8. The highest BCUT2D eigenvalue weighted by Crippen LogP contribution is 2.29. The molecule has 0 aliphatic carbocycles. The number of para-hydroxylation sites is 6. The van der Waals surface area contributed by atoms with Crippen LogP contribution in [0.15, 0.2) is 146 Å². The van der Waals surface area contributed by atoms with Crippen LogP contribution in [-0.4, -0.2) is 154 Å². The predicted molar refractivity (Wildman–Crippen MR) is 444 cm³/mol. The summed E-state index contributed by atoms with van der Waals surface area (Å²) < 4.78 is 46.2. The van der Waals surface area contributed by atoms with E-state index in [0.29, 0.717) is 56.6 Å². The van der Waals surface area contributed by atoms with Crippen molar-refractivity contribution in [1.29, 1.82) is 0 Å². The van der Waals surface area contributed by atoms with Gasteiger partial charge in [-0.3, -0.25) is 0 Å². The second-order valence-electron chi connectivity index (χ2n) is 27.1. The number of hydrogen-bond acceptors (Lipinski definition) is 20. The fourth-order valence-corrected chi connectivity index (χ4v) is 8.64. The molecule has 24 heteroatoms. The number of carbonyl (C=O) groups excluding carboxylic acids is 3. The SMILES string of the molecule is C#CCN.CC(C)(C)OC(=O)NCCCc1ccccc1OC(C)(C)CO.CC(C)(CO)Oc1ccccc1C#CCN.CC(C)(CO)Oc1ccccc1CCCN.CC(C)(CO)Oc1ccccc1I.CCOC(=O)C(C)(C)O.CCOC(=O)C(C)(C)Oc1ccccc1I.Oc1ccccc1I. The third-order valence-electron chi connectivity index (χ3n) is 12.7. The summed E-state index contributed by atoms with van der Waals surface area (Å²) in [7, 11) is 0. The Hall–Kier alpha value is -6.68. The van der Waals surface area contributed by atoms with Crippen molar-refractivity contribution in [2.75, 3.05) is 65.8 Å². The number of aliphatic hydroxyl groups is 5. The summed E-state index contributed by atoms with van der Waals surface area (Å²) >= 11 is 6.45. The van der Waals surface area contributed by atoms with Crippen LogP contribution in [0.4, 0.5) is 4.79 Å². The largest absolute Gasteiger partial charge is 0.507 e. The number of halogens is 3. The molecule has 1 amide bonds. The van der Waals surface area contributed by atoms with Gasteiger partial charge < -0.3 is 91.1 Å². The van der Waals surface area contributed by atoms with Gasteiger partial charge in [-0.15, -0.1) is 6.42 Å². The number of carbonyl (C=O) groups is 3. The van der Waals surface area contributed by atoms with Gasteiger partial charge in [0.1, 0.15) is 62.5 Å². The van der Waals surface area contributed by atoms with Gasteiger partial charge in [-0.05, 0) is 289 Å². The number of nitrogens with two attached hydrogens (primary N) is 3. The lowest BCUT2D eigenvalue weighted by molar-refractivity contribution is -0.161. The van der Waals surface area contributed by atoms with E-state index in [0.717, 1.165) is 70.3 Å². The Labute approximate surface area is 666 Å². The number of alkyl carbamates (subject to hydrolysis) is 1. The molecular weight excluding hydrogens is 1680 g/mol. The van der Waals surface area contributed by atoms with Gasteiger partial charge in [0.25, 0.3) is 0 Å². The molecule has 0 bridgehead atoms. The molecule has 0 radical (unpaired) electrons.